The highest BCUT2D eigenvalue weighted by Gasteiger charge is 2.14. The van der Waals surface area contributed by atoms with Crippen molar-refractivity contribution >= 4 is 0 Å². The molecule has 1 unspecified atom stereocenters. The van der Waals surface area contributed by atoms with Crippen molar-refractivity contribution in [2.75, 3.05) is 7.05 Å². The number of ether oxygens (including phenoxy) is 1. The number of aromatic nitrogens is 2. The van der Waals surface area contributed by atoms with Gasteiger partial charge in [0.05, 0.1) is 0 Å². The minimum atomic E-state index is -0.291. The van der Waals surface area contributed by atoms with Crippen LogP contribution in [0.25, 0.3) is 0 Å². The fourth-order valence-electron chi connectivity index (χ4n) is 1.85. The molecular weight excluding hydrogens is 273 g/mol. The van der Waals surface area contributed by atoms with Crippen LogP contribution in [0.2, 0.25) is 0 Å². The van der Waals surface area contributed by atoms with Crippen molar-refractivity contribution in [3.63, 3.8) is 0 Å². The Morgan fingerprint density at radius 3 is 2.71 bits per heavy atom. The van der Waals surface area contributed by atoms with Gasteiger partial charge in [-0.15, -0.1) is 0 Å². The van der Waals surface area contributed by atoms with E-state index in [0.29, 0.717) is 17.5 Å². The molecule has 0 amide bonds. The van der Waals surface area contributed by atoms with Crippen LogP contribution in [0, 0.1) is 5.82 Å². The summed E-state index contributed by atoms with van der Waals surface area (Å²) >= 11 is 0. The summed E-state index contributed by atoms with van der Waals surface area (Å²) < 4.78 is 24.2. The van der Waals surface area contributed by atoms with Crippen LogP contribution in [0.1, 0.15) is 50.0 Å². The smallest absolute Gasteiger partial charge is 0.229 e. The van der Waals surface area contributed by atoms with Gasteiger partial charge in [-0.1, -0.05) is 19.0 Å². The molecule has 0 spiro atoms. The summed E-state index contributed by atoms with van der Waals surface area (Å²) in [6, 6.07) is 4.43. The van der Waals surface area contributed by atoms with Crippen LogP contribution >= 0.6 is 0 Å². The highest BCUT2D eigenvalue weighted by atomic mass is 19.1. The molecule has 0 saturated heterocycles. The van der Waals surface area contributed by atoms with E-state index >= 15 is 0 Å². The summed E-state index contributed by atoms with van der Waals surface area (Å²) in [6.07, 6.45) is 0. The van der Waals surface area contributed by atoms with Crippen LogP contribution in [0.15, 0.2) is 22.7 Å². The van der Waals surface area contributed by atoms with Gasteiger partial charge in [0.25, 0.3) is 0 Å². The molecule has 6 heteroatoms. The maximum atomic E-state index is 13.4. The average molecular weight is 293 g/mol. The van der Waals surface area contributed by atoms with Crippen LogP contribution in [0.5, 0.6) is 5.75 Å². The lowest BCUT2D eigenvalue weighted by atomic mass is 10.1. The van der Waals surface area contributed by atoms with E-state index in [2.05, 4.69) is 15.5 Å². The molecule has 1 atom stereocenters. The Kier molecular flexibility index (Phi) is 4.90. The molecule has 0 bridgehead atoms. The van der Waals surface area contributed by atoms with Gasteiger partial charge >= 0.3 is 0 Å². The second-order valence-electron chi connectivity index (χ2n) is 5.18. The van der Waals surface area contributed by atoms with E-state index in [9.17, 15) is 4.39 Å². The van der Waals surface area contributed by atoms with Gasteiger partial charge in [0.1, 0.15) is 11.6 Å². The summed E-state index contributed by atoms with van der Waals surface area (Å²) in [6.45, 7) is 6.08. The topological polar surface area (TPSA) is 60.2 Å². The van der Waals surface area contributed by atoms with Crippen molar-refractivity contribution in [1.82, 2.24) is 15.5 Å². The Bertz CT molecular complexity index is 598. The number of benzene rings is 1. The molecule has 21 heavy (non-hydrogen) atoms. The molecule has 0 radical (unpaired) electrons. The molecule has 2 rings (SSSR count). The Morgan fingerprint density at radius 1 is 1.33 bits per heavy atom. The predicted molar refractivity (Wildman–Crippen MR) is 76.6 cm³/mol. The first-order valence-corrected chi connectivity index (χ1v) is 6.93. The maximum Gasteiger partial charge on any atom is 0.229 e. The van der Waals surface area contributed by atoms with E-state index in [0.717, 1.165) is 5.56 Å². The van der Waals surface area contributed by atoms with Gasteiger partial charge in [0.15, 0.2) is 6.61 Å². The summed E-state index contributed by atoms with van der Waals surface area (Å²) in [4.78, 5) is 4.24. The van der Waals surface area contributed by atoms with Gasteiger partial charge in [-0.2, -0.15) is 4.98 Å². The van der Waals surface area contributed by atoms with Crippen LogP contribution in [0.3, 0.4) is 0 Å². The maximum absolute atomic E-state index is 13.4. The number of rotatable bonds is 6. The van der Waals surface area contributed by atoms with E-state index in [1.165, 1.54) is 12.1 Å². The van der Waals surface area contributed by atoms with Gasteiger partial charge in [0, 0.05) is 17.5 Å². The standard InChI is InChI=1S/C15H20FN3O2/c1-9(2)15-18-14(19-21-15)8-20-13-6-5-11(16)7-12(13)10(3)17-4/h5-7,9-10,17H,8H2,1-4H3. The van der Waals surface area contributed by atoms with Gasteiger partial charge in [0.2, 0.25) is 11.7 Å². The first-order valence-electron chi connectivity index (χ1n) is 6.93. The minimum absolute atomic E-state index is 0.0211. The molecule has 0 aliphatic carbocycles. The predicted octanol–water partition coefficient (Wildman–Crippen LogP) is 3.19. The number of hydrogen-bond donors (Lipinski definition) is 1. The molecule has 0 saturated carbocycles. The van der Waals surface area contributed by atoms with Crippen LogP contribution < -0.4 is 10.1 Å². The number of halogens is 1. The van der Waals surface area contributed by atoms with Gasteiger partial charge in [-0.25, -0.2) is 4.39 Å². The van der Waals surface area contributed by atoms with E-state index in [-0.39, 0.29) is 24.4 Å². The van der Waals surface area contributed by atoms with Crippen LogP contribution in [-0.4, -0.2) is 17.2 Å². The van der Waals surface area contributed by atoms with Gasteiger partial charge in [-0.3, -0.25) is 0 Å². The van der Waals surface area contributed by atoms with Gasteiger partial charge in [-0.05, 0) is 32.2 Å². The quantitative estimate of drug-likeness (QED) is 0.886. The molecule has 1 aromatic carbocycles. The summed E-state index contributed by atoms with van der Waals surface area (Å²) in [5, 5.41) is 6.93. The van der Waals surface area contributed by atoms with Crippen molar-refractivity contribution in [3.8, 4) is 5.75 Å². The number of nitrogens with one attached hydrogen (secondary N) is 1. The van der Waals surface area contributed by atoms with Crippen molar-refractivity contribution in [1.29, 1.82) is 0 Å². The first kappa shape index (κ1) is 15.4. The average Bonchev–Trinajstić information content (AvgIpc) is 2.94. The second kappa shape index (κ2) is 6.67. The summed E-state index contributed by atoms with van der Waals surface area (Å²) in [7, 11) is 1.81. The molecule has 5 nitrogen and oxygen atoms in total. The summed E-state index contributed by atoms with van der Waals surface area (Å²) in [5.41, 5.74) is 0.755. The largest absolute Gasteiger partial charge is 0.485 e. The van der Waals surface area contributed by atoms with E-state index in [1.807, 2.05) is 27.8 Å². The zero-order chi connectivity index (χ0) is 15.4. The molecular formula is C15H20FN3O2. The Balaban J connectivity index is 2.11. The minimum Gasteiger partial charge on any atom is -0.485 e. The molecule has 0 aliphatic rings. The van der Waals surface area contributed by atoms with Crippen molar-refractivity contribution in [2.24, 2.45) is 0 Å². The highest BCUT2D eigenvalue weighted by Crippen LogP contribution is 2.26. The summed E-state index contributed by atoms with van der Waals surface area (Å²) in [5.74, 6) is 1.55. The SMILES string of the molecule is CNC(C)c1cc(F)ccc1OCc1noc(C(C)C)n1. The lowest BCUT2D eigenvalue weighted by molar-refractivity contribution is 0.279. The van der Waals surface area contributed by atoms with Crippen molar-refractivity contribution in [3.05, 3.63) is 41.3 Å². The van der Waals surface area contributed by atoms with Crippen LogP contribution in [-0.2, 0) is 6.61 Å². The Hall–Kier alpha value is -1.95. The molecule has 0 fully saturated rings. The molecule has 1 N–H and O–H groups in total. The number of nitrogens with zero attached hydrogens (tertiary/aromatic N) is 2. The lowest BCUT2D eigenvalue weighted by Gasteiger charge is -2.15. The second-order valence-corrected chi connectivity index (χ2v) is 5.18. The van der Waals surface area contributed by atoms with Crippen molar-refractivity contribution in [2.45, 2.75) is 39.3 Å². The molecule has 2 aromatic rings. The Labute approximate surface area is 123 Å². The molecule has 1 heterocycles. The third-order valence-electron chi connectivity index (χ3n) is 3.21. The van der Waals surface area contributed by atoms with Crippen LogP contribution in [0.4, 0.5) is 4.39 Å². The normalized spacial score (nSPS) is 12.7. The monoisotopic (exact) mass is 293 g/mol. The first-order chi connectivity index (χ1) is 10.0. The highest BCUT2D eigenvalue weighted by molar-refractivity contribution is 5.36. The molecule has 114 valence electrons. The van der Waals surface area contributed by atoms with Gasteiger partial charge < -0.3 is 14.6 Å². The molecule has 1 aromatic heterocycles. The lowest BCUT2D eigenvalue weighted by Crippen LogP contribution is -2.14. The third kappa shape index (κ3) is 3.78. The van der Waals surface area contributed by atoms with Crippen molar-refractivity contribution < 1.29 is 13.7 Å². The van der Waals surface area contributed by atoms with E-state index < -0.39 is 0 Å². The third-order valence-corrected chi connectivity index (χ3v) is 3.21. The zero-order valence-electron chi connectivity index (χ0n) is 12.7. The fraction of sp³-hybridized carbons (Fsp3) is 0.467. The molecule has 0 aliphatic heterocycles. The zero-order valence-corrected chi connectivity index (χ0v) is 12.7. The fourth-order valence-corrected chi connectivity index (χ4v) is 1.85. The Morgan fingerprint density at radius 2 is 2.10 bits per heavy atom. The van der Waals surface area contributed by atoms with E-state index in [4.69, 9.17) is 9.26 Å². The number of hydrogen-bond acceptors (Lipinski definition) is 5. The van der Waals surface area contributed by atoms with E-state index in [1.54, 1.807) is 6.07 Å².